The van der Waals surface area contributed by atoms with Gasteiger partial charge in [-0.05, 0) is 31.2 Å². The lowest BCUT2D eigenvalue weighted by molar-refractivity contribution is 0.629. The average Bonchev–Trinajstić information content (AvgIpc) is 2.78. The molecule has 0 amide bonds. The number of aromatic nitrogens is 2. The second kappa shape index (κ2) is 6.89. The Morgan fingerprint density at radius 2 is 1.76 bits per heavy atom. The first-order valence-electron chi connectivity index (χ1n) is 6.16. The Bertz CT molecular complexity index is 726. The van der Waals surface area contributed by atoms with Gasteiger partial charge in [0.1, 0.15) is 11.6 Å². The molecular weight excluding hydrogens is 312 g/mol. The standard InChI is InChI=1S/C15H14FN3.2ClH/c1-10(17)15-18-13-8-7-11(16)9-14(13)19(15)12-5-3-2-4-6-12;;/h2-10H,17H2,1H3;2*1H. The molecule has 0 aliphatic heterocycles. The van der Waals surface area contributed by atoms with Crippen LogP contribution in [-0.4, -0.2) is 9.55 Å². The molecule has 2 aromatic carbocycles. The molecule has 2 N–H and O–H groups in total. The van der Waals surface area contributed by atoms with Gasteiger partial charge in [-0.15, -0.1) is 24.8 Å². The fourth-order valence-electron chi connectivity index (χ4n) is 2.22. The quantitative estimate of drug-likeness (QED) is 0.772. The molecule has 1 heterocycles. The molecule has 0 radical (unpaired) electrons. The highest BCUT2D eigenvalue weighted by Crippen LogP contribution is 2.24. The highest BCUT2D eigenvalue weighted by molar-refractivity contribution is 5.85. The van der Waals surface area contributed by atoms with Crippen LogP contribution in [-0.2, 0) is 0 Å². The smallest absolute Gasteiger partial charge is 0.131 e. The maximum Gasteiger partial charge on any atom is 0.131 e. The van der Waals surface area contributed by atoms with Crippen molar-refractivity contribution in [2.75, 3.05) is 0 Å². The van der Waals surface area contributed by atoms with Crippen LogP contribution in [0.3, 0.4) is 0 Å². The largest absolute Gasteiger partial charge is 0.322 e. The molecule has 0 saturated carbocycles. The summed E-state index contributed by atoms with van der Waals surface area (Å²) in [6.07, 6.45) is 0. The Kier molecular flexibility index (Phi) is 5.72. The van der Waals surface area contributed by atoms with E-state index in [0.717, 1.165) is 22.5 Å². The molecule has 3 aromatic rings. The first kappa shape index (κ1) is 17.4. The van der Waals surface area contributed by atoms with Crippen molar-refractivity contribution < 1.29 is 4.39 Å². The van der Waals surface area contributed by atoms with Crippen LogP contribution in [0, 0.1) is 5.82 Å². The highest BCUT2D eigenvalue weighted by Gasteiger charge is 2.15. The van der Waals surface area contributed by atoms with Crippen molar-refractivity contribution in [3.63, 3.8) is 0 Å². The Labute approximate surface area is 134 Å². The molecular formula is C15H16Cl2FN3. The normalized spacial score (nSPS) is 11.6. The summed E-state index contributed by atoms with van der Waals surface area (Å²) in [5, 5.41) is 0. The summed E-state index contributed by atoms with van der Waals surface area (Å²) in [5.74, 6) is 0.451. The van der Waals surface area contributed by atoms with E-state index in [1.54, 1.807) is 6.07 Å². The fourth-order valence-corrected chi connectivity index (χ4v) is 2.22. The van der Waals surface area contributed by atoms with E-state index in [4.69, 9.17) is 5.73 Å². The first-order chi connectivity index (χ1) is 9.16. The van der Waals surface area contributed by atoms with Gasteiger partial charge in [-0.1, -0.05) is 18.2 Å². The topological polar surface area (TPSA) is 43.8 Å². The van der Waals surface area contributed by atoms with Crippen LogP contribution in [0.5, 0.6) is 0 Å². The van der Waals surface area contributed by atoms with Crippen LogP contribution in [0.1, 0.15) is 18.8 Å². The summed E-state index contributed by atoms with van der Waals surface area (Å²) >= 11 is 0. The van der Waals surface area contributed by atoms with Crippen LogP contribution < -0.4 is 5.73 Å². The summed E-state index contributed by atoms with van der Waals surface area (Å²) in [5.41, 5.74) is 8.39. The minimum absolute atomic E-state index is 0. The Morgan fingerprint density at radius 1 is 1.10 bits per heavy atom. The average molecular weight is 328 g/mol. The molecule has 0 saturated heterocycles. The Hall–Kier alpha value is -1.62. The number of nitrogens with two attached hydrogens (primary N) is 1. The zero-order valence-corrected chi connectivity index (χ0v) is 13.0. The van der Waals surface area contributed by atoms with E-state index in [9.17, 15) is 4.39 Å². The lowest BCUT2D eigenvalue weighted by Gasteiger charge is -2.11. The molecule has 3 nitrogen and oxygen atoms in total. The van der Waals surface area contributed by atoms with Gasteiger partial charge in [0.15, 0.2) is 0 Å². The van der Waals surface area contributed by atoms with E-state index < -0.39 is 0 Å². The van der Waals surface area contributed by atoms with Crippen molar-refractivity contribution in [3.05, 3.63) is 60.2 Å². The summed E-state index contributed by atoms with van der Waals surface area (Å²) in [6.45, 7) is 1.87. The van der Waals surface area contributed by atoms with Crippen LogP contribution in [0.2, 0.25) is 0 Å². The van der Waals surface area contributed by atoms with Crippen molar-refractivity contribution >= 4 is 35.8 Å². The van der Waals surface area contributed by atoms with Crippen molar-refractivity contribution in [1.82, 2.24) is 9.55 Å². The van der Waals surface area contributed by atoms with Gasteiger partial charge in [0.25, 0.3) is 0 Å². The van der Waals surface area contributed by atoms with Crippen molar-refractivity contribution in [1.29, 1.82) is 0 Å². The molecule has 0 aliphatic carbocycles. The lowest BCUT2D eigenvalue weighted by atomic mass is 10.2. The van der Waals surface area contributed by atoms with Gasteiger partial charge in [0.2, 0.25) is 0 Å². The zero-order valence-electron chi connectivity index (χ0n) is 11.4. The van der Waals surface area contributed by atoms with Crippen LogP contribution >= 0.6 is 24.8 Å². The molecule has 1 aromatic heterocycles. The van der Waals surface area contributed by atoms with E-state index >= 15 is 0 Å². The number of rotatable bonds is 2. The number of nitrogens with zero attached hydrogens (tertiary/aromatic N) is 2. The molecule has 0 spiro atoms. The molecule has 0 fully saturated rings. The van der Waals surface area contributed by atoms with Gasteiger partial charge in [-0.3, -0.25) is 4.57 Å². The summed E-state index contributed by atoms with van der Waals surface area (Å²) in [7, 11) is 0. The third-order valence-electron chi connectivity index (χ3n) is 3.06. The second-order valence-electron chi connectivity index (χ2n) is 4.56. The Balaban J connectivity index is 0.00000110. The molecule has 1 atom stereocenters. The van der Waals surface area contributed by atoms with E-state index in [2.05, 4.69) is 4.98 Å². The van der Waals surface area contributed by atoms with Gasteiger partial charge >= 0.3 is 0 Å². The predicted octanol–water partition coefficient (Wildman–Crippen LogP) is 4.03. The highest BCUT2D eigenvalue weighted by atomic mass is 35.5. The van der Waals surface area contributed by atoms with Gasteiger partial charge in [-0.2, -0.15) is 0 Å². The maximum atomic E-state index is 13.5. The third-order valence-corrected chi connectivity index (χ3v) is 3.06. The zero-order chi connectivity index (χ0) is 13.4. The summed E-state index contributed by atoms with van der Waals surface area (Å²) in [6, 6.07) is 14.1. The molecule has 1 unspecified atom stereocenters. The van der Waals surface area contributed by atoms with E-state index in [0.29, 0.717) is 0 Å². The molecule has 112 valence electrons. The van der Waals surface area contributed by atoms with Crippen LogP contribution in [0.25, 0.3) is 16.7 Å². The van der Waals surface area contributed by atoms with Crippen molar-refractivity contribution in [2.45, 2.75) is 13.0 Å². The molecule has 3 rings (SSSR count). The third kappa shape index (κ3) is 3.18. The minimum atomic E-state index is -0.277. The minimum Gasteiger partial charge on any atom is -0.322 e. The van der Waals surface area contributed by atoms with Gasteiger partial charge in [0, 0.05) is 11.8 Å². The summed E-state index contributed by atoms with van der Waals surface area (Å²) in [4.78, 5) is 4.50. The first-order valence-corrected chi connectivity index (χ1v) is 6.16. The molecule has 0 aliphatic rings. The lowest BCUT2D eigenvalue weighted by Crippen LogP contribution is -2.12. The van der Waals surface area contributed by atoms with Crippen molar-refractivity contribution in [2.24, 2.45) is 5.73 Å². The monoisotopic (exact) mass is 327 g/mol. The number of para-hydroxylation sites is 1. The predicted molar refractivity (Wildman–Crippen MR) is 88.1 cm³/mol. The van der Waals surface area contributed by atoms with E-state index in [-0.39, 0.29) is 36.7 Å². The van der Waals surface area contributed by atoms with E-state index in [1.165, 1.54) is 12.1 Å². The summed E-state index contributed by atoms with van der Waals surface area (Å²) < 4.78 is 15.4. The number of hydrogen-bond acceptors (Lipinski definition) is 2. The SMILES string of the molecule is CC(N)c1nc2ccc(F)cc2n1-c1ccccc1.Cl.Cl. The number of hydrogen-bond donors (Lipinski definition) is 1. The number of fused-ring (bicyclic) bond motifs is 1. The van der Waals surface area contributed by atoms with Gasteiger partial charge < -0.3 is 5.73 Å². The van der Waals surface area contributed by atoms with Crippen LogP contribution in [0.15, 0.2) is 48.5 Å². The van der Waals surface area contributed by atoms with Gasteiger partial charge in [0.05, 0.1) is 17.1 Å². The van der Waals surface area contributed by atoms with Crippen LogP contribution in [0.4, 0.5) is 4.39 Å². The Morgan fingerprint density at radius 3 is 2.38 bits per heavy atom. The molecule has 21 heavy (non-hydrogen) atoms. The maximum absolute atomic E-state index is 13.5. The number of imidazole rings is 1. The molecule has 6 heteroatoms. The van der Waals surface area contributed by atoms with Crippen molar-refractivity contribution in [3.8, 4) is 5.69 Å². The number of benzene rings is 2. The van der Waals surface area contributed by atoms with Gasteiger partial charge in [-0.25, -0.2) is 9.37 Å². The van der Waals surface area contributed by atoms with E-state index in [1.807, 2.05) is 41.8 Å². The fraction of sp³-hybridized carbons (Fsp3) is 0.133. The molecule has 0 bridgehead atoms. The second-order valence-corrected chi connectivity index (χ2v) is 4.56. The number of halogens is 3.